The Morgan fingerprint density at radius 2 is 1.82 bits per heavy atom. The summed E-state index contributed by atoms with van der Waals surface area (Å²) in [5.74, 6) is -0.530. The molecule has 2 unspecified atom stereocenters. The lowest BCUT2D eigenvalue weighted by Gasteiger charge is -2.26. The number of hydrogen-bond donors (Lipinski definition) is 0. The van der Waals surface area contributed by atoms with Crippen molar-refractivity contribution in [2.24, 2.45) is 0 Å². The van der Waals surface area contributed by atoms with Gasteiger partial charge >= 0.3 is 0 Å². The molecule has 0 spiro atoms. The number of imidazole rings is 1. The molecule has 1 fully saturated rings. The molecular formula is C21H18Cl2N2O3. The Bertz CT molecular complexity index is 1170. The van der Waals surface area contributed by atoms with Gasteiger partial charge in [0, 0.05) is 10.4 Å². The summed E-state index contributed by atoms with van der Waals surface area (Å²) in [5.41, 5.74) is 2.48. The van der Waals surface area contributed by atoms with Gasteiger partial charge in [0.25, 0.3) is 0 Å². The second-order valence-electron chi connectivity index (χ2n) is 7.18. The zero-order valence-electron chi connectivity index (χ0n) is 15.4. The minimum atomic E-state index is -1.09. The van der Waals surface area contributed by atoms with E-state index >= 15 is 0 Å². The van der Waals surface area contributed by atoms with E-state index in [4.69, 9.17) is 37.1 Å². The molecule has 5 rings (SSSR count). The molecule has 28 heavy (non-hydrogen) atoms. The smallest absolute Gasteiger partial charge is 0.247 e. The number of aromatic nitrogens is 2. The van der Waals surface area contributed by atoms with Gasteiger partial charge in [0.15, 0.2) is 11.3 Å². The molecule has 0 N–H and O–H groups in total. The first-order valence-corrected chi connectivity index (χ1v) is 9.85. The molecular weight excluding hydrogens is 399 g/mol. The molecule has 144 valence electrons. The number of para-hydroxylation sites is 2. The van der Waals surface area contributed by atoms with Gasteiger partial charge in [-0.25, -0.2) is 4.98 Å². The molecule has 2 aromatic carbocycles. The normalized spacial score (nSPS) is 25.1. The highest BCUT2D eigenvalue weighted by molar-refractivity contribution is 6.38. The lowest BCUT2D eigenvalue weighted by atomic mass is 10.1. The van der Waals surface area contributed by atoms with Gasteiger partial charge in [-0.2, -0.15) is 0 Å². The number of furan rings is 1. The zero-order chi connectivity index (χ0) is 19.5. The molecule has 0 bridgehead atoms. The van der Waals surface area contributed by atoms with Crippen molar-refractivity contribution < 1.29 is 13.9 Å². The molecule has 0 saturated carbocycles. The molecule has 4 aromatic rings. The SMILES string of the molecule is CC1OC(Cn2cnc3ccccc32)(c2cc3cc(Cl)cc(Cl)c3o2)OC1C. The largest absolute Gasteiger partial charge is 0.454 e. The Morgan fingerprint density at radius 3 is 2.61 bits per heavy atom. The maximum Gasteiger partial charge on any atom is 0.247 e. The Hall–Kier alpha value is -2.05. The van der Waals surface area contributed by atoms with Crippen LogP contribution in [0.25, 0.3) is 22.0 Å². The lowest BCUT2D eigenvalue weighted by Crippen LogP contribution is -2.33. The number of hydrogen-bond acceptors (Lipinski definition) is 4. The van der Waals surface area contributed by atoms with Crippen molar-refractivity contribution in [1.82, 2.24) is 9.55 Å². The third-order valence-corrected chi connectivity index (χ3v) is 5.73. The maximum absolute atomic E-state index is 6.33. The number of ether oxygens (including phenoxy) is 2. The van der Waals surface area contributed by atoms with Crippen LogP contribution in [0.1, 0.15) is 19.6 Å². The summed E-state index contributed by atoms with van der Waals surface area (Å²) >= 11 is 12.5. The molecule has 5 nitrogen and oxygen atoms in total. The molecule has 3 heterocycles. The predicted molar refractivity (Wildman–Crippen MR) is 109 cm³/mol. The highest BCUT2D eigenvalue weighted by Crippen LogP contribution is 2.43. The Balaban J connectivity index is 1.65. The summed E-state index contributed by atoms with van der Waals surface area (Å²) in [4.78, 5) is 4.47. The fourth-order valence-electron chi connectivity index (χ4n) is 3.71. The summed E-state index contributed by atoms with van der Waals surface area (Å²) in [5, 5.41) is 1.81. The van der Waals surface area contributed by atoms with Gasteiger partial charge in [-0.15, -0.1) is 0 Å². The molecule has 1 saturated heterocycles. The zero-order valence-corrected chi connectivity index (χ0v) is 16.9. The molecule has 0 amide bonds. The number of halogens is 2. The van der Waals surface area contributed by atoms with Crippen molar-refractivity contribution >= 4 is 45.2 Å². The van der Waals surface area contributed by atoms with Crippen LogP contribution in [0, 0.1) is 0 Å². The van der Waals surface area contributed by atoms with Crippen LogP contribution >= 0.6 is 23.2 Å². The second kappa shape index (κ2) is 6.49. The van der Waals surface area contributed by atoms with Gasteiger partial charge in [0.2, 0.25) is 5.79 Å². The first-order valence-electron chi connectivity index (χ1n) is 9.10. The Labute approximate surface area is 171 Å². The van der Waals surface area contributed by atoms with E-state index in [9.17, 15) is 0 Å². The summed E-state index contributed by atoms with van der Waals surface area (Å²) < 4.78 is 20.8. The standard InChI is InChI=1S/C21H18Cl2N2O3/c1-12-13(2)28-21(27-12,10-25-11-24-17-5-3-4-6-18(17)25)19-8-14-7-15(22)9-16(23)20(14)26-19/h3-9,11-13H,10H2,1-2H3. The minimum absolute atomic E-state index is 0.0953. The van der Waals surface area contributed by atoms with E-state index in [1.54, 1.807) is 12.4 Å². The Morgan fingerprint density at radius 1 is 1.07 bits per heavy atom. The van der Waals surface area contributed by atoms with Crippen molar-refractivity contribution in [3.63, 3.8) is 0 Å². The fraction of sp³-hybridized carbons (Fsp3) is 0.286. The maximum atomic E-state index is 6.33. The van der Waals surface area contributed by atoms with E-state index in [1.165, 1.54) is 0 Å². The third kappa shape index (κ3) is 2.81. The highest BCUT2D eigenvalue weighted by Gasteiger charge is 2.49. The van der Waals surface area contributed by atoms with E-state index in [2.05, 4.69) is 4.98 Å². The van der Waals surface area contributed by atoms with Crippen LogP contribution in [0.4, 0.5) is 0 Å². The van der Waals surface area contributed by atoms with Crippen LogP contribution in [0.2, 0.25) is 10.0 Å². The summed E-state index contributed by atoms with van der Waals surface area (Å²) in [6.07, 6.45) is 1.60. The molecule has 2 aromatic heterocycles. The van der Waals surface area contributed by atoms with Crippen molar-refractivity contribution in [2.75, 3.05) is 0 Å². The van der Waals surface area contributed by atoms with Gasteiger partial charge in [-0.3, -0.25) is 0 Å². The van der Waals surface area contributed by atoms with Gasteiger partial charge in [-0.05, 0) is 44.2 Å². The van der Waals surface area contributed by atoms with Crippen molar-refractivity contribution in [3.8, 4) is 0 Å². The molecule has 2 atom stereocenters. The topological polar surface area (TPSA) is 49.4 Å². The first kappa shape index (κ1) is 18.0. The van der Waals surface area contributed by atoms with E-state index in [-0.39, 0.29) is 12.2 Å². The van der Waals surface area contributed by atoms with Gasteiger partial charge in [0.05, 0.1) is 41.1 Å². The van der Waals surface area contributed by atoms with Crippen LogP contribution in [-0.4, -0.2) is 21.8 Å². The van der Waals surface area contributed by atoms with Crippen LogP contribution in [0.15, 0.2) is 53.2 Å². The lowest BCUT2D eigenvalue weighted by molar-refractivity contribution is -0.202. The fourth-order valence-corrected chi connectivity index (χ4v) is 4.26. The quantitative estimate of drug-likeness (QED) is 0.425. The van der Waals surface area contributed by atoms with E-state index in [0.717, 1.165) is 16.4 Å². The van der Waals surface area contributed by atoms with Crippen molar-refractivity contribution in [3.05, 3.63) is 64.6 Å². The number of benzene rings is 2. The first-order chi connectivity index (χ1) is 13.4. The summed E-state index contributed by atoms with van der Waals surface area (Å²) in [6.45, 7) is 4.38. The molecule has 0 radical (unpaired) electrons. The molecule has 7 heteroatoms. The van der Waals surface area contributed by atoms with Crippen LogP contribution in [-0.2, 0) is 21.8 Å². The van der Waals surface area contributed by atoms with Crippen LogP contribution in [0.3, 0.4) is 0 Å². The average molecular weight is 417 g/mol. The number of nitrogens with zero attached hydrogens (tertiary/aromatic N) is 2. The second-order valence-corrected chi connectivity index (χ2v) is 8.02. The van der Waals surface area contributed by atoms with E-state index in [1.807, 2.05) is 54.8 Å². The van der Waals surface area contributed by atoms with Gasteiger partial charge in [-0.1, -0.05) is 35.3 Å². The van der Waals surface area contributed by atoms with Gasteiger partial charge < -0.3 is 18.5 Å². The van der Waals surface area contributed by atoms with Crippen molar-refractivity contribution in [1.29, 1.82) is 0 Å². The Kier molecular flexibility index (Phi) is 4.18. The van der Waals surface area contributed by atoms with Crippen LogP contribution in [0.5, 0.6) is 0 Å². The average Bonchev–Trinajstić information content (AvgIpc) is 3.33. The van der Waals surface area contributed by atoms with Crippen LogP contribution < -0.4 is 0 Å². The number of fused-ring (bicyclic) bond motifs is 2. The minimum Gasteiger partial charge on any atom is -0.454 e. The molecule has 1 aliphatic rings. The predicted octanol–water partition coefficient (Wildman–Crippen LogP) is 5.77. The summed E-state index contributed by atoms with van der Waals surface area (Å²) in [7, 11) is 0. The van der Waals surface area contributed by atoms with Gasteiger partial charge in [0.1, 0.15) is 0 Å². The highest BCUT2D eigenvalue weighted by atomic mass is 35.5. The van der Waals surface area contributed by atoms with E-state index < -0.39 is 5.79 Å². The summed E-state index contributed by atoms with van der Waals surface area (Å²) in [6, 6.07) is 13.3. The molecule has 1 aliphatic heterocycles. The van der Waals surface area contributed by atoms with Crippen molar-refractivity contribution in [2.45, 2.75) is 38.4 Å². The molecule has 0 aliphatic carbocycles. The number of rotatable bonds is 3. The monoisotopic (exact) mass is 416 g/mol. The van der Waals surface area contributed by atoms with E-state index in [0.29, 0.717) is 27.9 Å². The third-order valence-electron chi connectivity index (χ3n) is 5.23.